The van der Waals surface area contributed by atoms with E-state index in [9.17, 15) is 4.79 Å². The second-order valence-electron chi connectivity index (χ2n) is 5.32. The molecule has 23 heavy (non-hydrogen) atoms. The molecule has 0 spiro atoms. The molecule has 1 aromatic heterocycles. The largest absolute Gasteiger partial charge is 0.298 e. The fraction of sp³-hybridized carbons (Fsp3) is 0.111. The van der Waals surface area contributed by atoms with E-state index in [1.165, 1.54) is 22.5 Å². The van der Waals surface area contributed by atoms with E-state index in [1.807, 2.05) is 17.5 Å². The Morgan fingerprint density at radius 2 is 1.87 bits per heavy atom. The maximum absolute atomic E-state index is 12.2. The molecule has 5 heteroatoms. The predicted molar refractivity (Wildman–Crippen MR) is 99.1 cm³/mol. The van der Waals surface area contributed by atoms with Crippen LogP contribution in [-0.2, 0) is 0 Å². The highest BCUT2D eigenvalue weighted by atomic mass is 79.9. The standard InChI is InChI=1S/C18H15BrN2OS/c1-11-3-8-15(12(2)9-11)16-10-23-18(20-16)21-17(22)13-4-6-14(19)7-5-13/h3-10H,1-2H3,(H,20,21,22). The molecule has 0 aliphatic heterocycles. The first-order valence-electron chi connectivity index (χ1n) is 7.13. The van der Waals surface area contributed by atoms with Gasteiger partial charge >= 0.3 is 0 Å². The summed E-state index contributed by atoms with van der Waals surface area (Å²) >= 11 is 4.79. The fourth-order valence-corrected chi connectivity index (χ4v) is 3.30. The van der Waals surface area contributed by atoms with Gasteiger partial charge in [0.25, 0.3) is 5.91 Å². The Kier molecular flexibility index (Phi) is 4.59. The third-order valence-corrected chi connectivity index (χ3v) is 4.78. The molecule has 116 valence electrons. The molecule has 1 amide bonds. The fourth-order valence-electron chi connectivity index (χ4n) is 2.33. The molecule has 0 bridgehead atoms. The van der Waals surface area contributed by atoms with Crippen LogP contribution in [0.15, 0.2) is 52.3 Å². The summed E-state index contributed by atoms with van der Waals surface area (Å²) in [6, 6.07) is 13.5. The minimum atomic E-state index is -0.154. The first-order valence-corrected chi connectivity index (χ1v) is 8.80. The number of amides is 1. The lowest BCUT2D eigenvalue weighted by Crippen LogP contribution is -2.11. The van der Waals surface area contributed by atoms with Crippen molar-refractivity contribution in [1.82, 2.24) is 4.98 Å². The molecule has 3 aromatic rings. The second kappa shape index (κ2) is 6.64. The molecule has 3 rings (SSSR count). The summed E-state index contributed by atoms with van der Waals surface area (Å²) in [5.41, 5.74) is 5.00. The number of rotatable bonds is 3. The minimum Gasteiger partial charge on any atom is -0.298 e. The zero-order chi connectivity index (χ0) is 16.4. The number of carbonyl (C=O) groups excluding carboxylic acids is 1. The number of thiazole rings is 1. The lowest BCUT2D eigenvalue weighted by Gasteiger charge is -2.04. The van der Waals surface area contributed by atoms with Crippen LogP contribution >= 0.6 is 27.3 Å². The second-order valence-corrected chi connectivity index (χ2v) is 7.09. The van der Waals surface area contributed by atoms with Crippen LogP contribution in [0.4, 0.5) is 5.13 Å². The van der Waals surface area contributed by atoms with Gasteiger partial charge in [-0.15, -0.1) is 11.3 Å². The number of aryl methyl sites for hydroxylation is 2. The number of aromatic nitrogens is 1. The van der Waals surface area contributed by atoms with E-state index >= 15 is 0 Å². The summed E-state index contributed by atoms with van der Waals surface area (Å²) in [6.45, 7) is 4.14. The van der Waals surface area contributed by atoms with Gasteiger partial charge in [0, 0.05) is 21.0 Å². The number of halogens is 1. The van der Waals surface area contributed by atoms with Crippen molar-refractivity contribution >= 4 is 38.3 Å². The maximum Gasteiger partial charge on any atom is 0.257 e. The predicted octanol–water partition coefficient (Wildman–Crippen LogP) is 5.44. The van der Waals surface area contributed by atoms with Gasteiger partial charge in [-0.25, -0.2) is 4.98 Å². The molecular weight excluding hydrogens is 372 g/mol. The van der Waals surface area contributed by atoms with Crippen molar-refractivity contribution in [3.63, 3.8) is 0 Å². The van der Waals surface area contributed by atoms with Crippen LogP contribution in [0, 0.1) is 13.8 Å². The molecule has 0 aliphatic rings. The number of hydrogen-bond acceptors (Lipinski definition) is 3. The van der Waals surface area contributed by atoms with Crippen molar-refractivity contribution in [3.8, 4) is 11.3 Å². The van der Waals surface area contributed by atoms with E-state index in [-0.39, 0.29) is 5.91 Å². The molecule has 2 aromatic carbocycles. The Balaban J connectivity index is 1.79. The Morgan fingerprint density at radius 3 is 2.57 bits per heavy atom. The molecule has 1 heterocycles. The molecule has 1 N–H and O–H groups in total. The van der Waals surface area contributed by atoms with Crippen molar-refractivity contribution in [2.45, 2.75) is 13.8 Å². The molecule has 3 nitrogen and oxygen atoms in total. The first-order chi connectivity index (χ1) is 11.0. The first kappa shape index (κ1) is 15.9. The number of benzene rings is 2. The number of nitrogens with zero attached hydrogens (tertiary/aromatic N) is 1. The molecule has 0 aliphatic carbocycles. The van der Waals surface area contributed by atoms with Crippen LogP contribution in [0.1, 0.15) is 21.5 Å². The van der Waals surface area contributed by atoms with E-state index in [0.29, 0.717) is 10.7 Å². The summed E-state index contributed by atoms with van der Waals surface area (Å²) in [4.78, 5) is 16.8. The maximum atomic E-state index is 12.2. The molecule has 0 atom stereocenters. The van der Waals surface area contributed by atoms with Gasteiger partial charge in [0.05, 0.1) is 5.69 Å². The van der Waals surface area contributed by atoms with Gasteiger partial charge in [0.1, 0.15) is 0 Å². The van der Waals surface area contributed by atoms with Gasteiger partial charge < -0.3 is 0 Å². The van der Waals surface area contributed by atoms with Crippen molar-refractivity contribution in [1.29, 1.82) is 0 Å². The summed E-state index contributed by atoms with van der Waals surface area (Å²) < 4.78 is 0.945. The summed E-state index contributed by atoms with van der Waals surface area (Å²) in [7, 11) is 0. The van der Waals surface area contributed by atoms with Gasteiger partial charge in [-0.2, -0.15) is 0 Å². The lowest BCUT2D eigenvalue weighted by atomic mass is 10.0. The quantitative estimate of drug-likeness (QED) is 0.650. The normalized spacial score (nSPS) is 10.6. The zero-order valence-electron chi connectivity index (χ0n) is 12.8. The van der Waals surface area contributed by atoms with Crippen LogP contribution in [0.25, 0.3) is 11.3 Å². The average Bonchev–Trinajstić information content (AvgIpc) is 2.96. The van der Waals surface area contributed by atoms with Gasteiger partial charge in [0.15, 0.2) is 5.13 Å². The topological polar surface area (TPSA) is 42.0 Å². The Morgan fingerprint density at radius 1 is 1.13 bits per heavy atom. The van der Waals surface area contributed by atoms with Crippen molar-refractivity contribution in [3.05, 3.63) is 69.0 Å². The van der Waals surface area contributed by atoms with Gasteiger partial charge in [-0.3, -0.25) is 10.1 Å². The lowest BCUT2D eigenvalue weighted by molar-refractivity contribution is 0.102. The average molecular weight is 387 g/mol. The zero-order valence-corrected chi connectivity index (χ0v) is 15.2. The highest BCUT2D eigenvalue weighted by Crippen LogP contribution is 2.28. The number of carbonyl (C=O) groups is 1. The smallest absolute Gasteiger partial charge is 0.257 e. The Hall–Kier alpha value is -1.98. The number of hydrogen-bond donors (Lipinski definition) is 1. The van der Waals surface area contributed by atoms with Crippen LogP contribution in [0.3, 0.4) is 0 Å². The molecule has 0 radical (unpaired) electrons. The third kappa shape index (κ3) is 3.68. The molecular formula is C18H15BrN2OS. The van der Waals surface area contributed by atoms with E-state index in [1.54, 1.807) is 12.1 Å². The number of anilines is 1. The molecule has 0 saturated heterocycles. The minimum absolute atomic E-state index is 0.154. The van der Waals surface area contributed by atoms with Crippen LogP contribution in [0.2, 0.25) is 0 Å². The van der Waals surface area contributed by atoms with Crippen LogP contribution < -0.4 is 5.32 Å². The van der Waals surface area contributed by atoms with Crippen molar-refractivity contribution in [2.24, 2.45) is 0 Å². The van der Waals surface area contributed by atoms with E-state index < -0.39 is 0 Å². The van der Waals surface area contributed by atoms with E-state index in [0.717, 1.165) is 15.7 Å². The monoisotopic (exact) mass is 386 g/mol. The van der Waals surface area contributed by atoms with Crippen LogP contribution in [-0.4, -0.2) is 10.9 Å². The van der Waals surface area contributed by atoms with Crippen molar-refractivity contribution in [2.75, 3.05) is 5.32 Å². The van der Waals surface area contributed by atoms with E-state index in [2.05, 4.69) is 58.3 Å². The Labute approximate surface area is 147 Å². The highest BCUT2D eigenvalue weighted by Gasteiger charge is 2.11. The van der Waals surface area contributed by atoms with Gasteiger partial charge in [0.2, 0.25) is 0 Å². The summed E-state index contributed by atoms with van der Waals surface area (Å²) in [5.74, 6) is -0.154. The third-order valence-electron chi connectivity index (χ3n) is 3.49. The highest BCUT2D eigenvalue weighted by molar-refractivity contribution is 9.10. The van der Waals surface area contributed by atoms with Crippen molar-refractivity contribution < 1.29 is 4.79 Å². The number of nitrogens with one attached hydrogen (secondary N) is 1. The molecule has 0 saturated carbocycles. The molecule has 0 unspecified atom stereocenters. The Bertz CT molecular complexity index is 856. The summed E-state index contributed by atoms with van der Waals surface area (Å²) in [5, 5.41) is 5.42. The van der Waals surface area contributed by atoms with E-state index in [4.69, 9.17) is 0 Å². The van der Waals surface area contributed by atoms with Crippen LogP contribution in [0.5, 0.6) is 0 Å². The SMILES string of the molecule is Cc1ccc(-c2csc(NC(=O)c3ccc(Br)cc3)n2)c(C)c1. The van der Waals surface area contributed by atoms with Gasteiger partial charge in [-0.05, 0) is 43.7 Å². The summed E-state index contributed by atoms with van der Waals surface area (Å²) in [6.07, 6.45) is 0. The van der Waals surface area contributed by atoms with Gasteiger partial charge in [-0.1, -0.05) is 39.7 Å². The molecule has 0 fully saturated rings.